The van der Waals surface area contributed by atoms with Crippen LogP contribution in [-0.4, -0.2) is 43.3 Å². The maximum absolute atomic E-state index is 12.9. The number of nitrogens with one attached hydrogen (secondary N) is 1. The van der Waals surface area contributed by atoms with E-state index < -0.39 is 17.4 Å². The van der Waals surface area contributed by atoms with E-state index in [1.807, 2.05) is 24.3 Å². The highest BCUT2D eigenvalue weighted by atomic mass is 16.5. The molecular formula is C25H31NO6. The Balaban J connectivity index is 1.68. The number of carboxylic acids is 1. The molecule has 0 atom stereocenters. The van der Waals surface area contributed by atoms with E-state index in [2.05, 4.69) is 12.2 Å². The average molecular weight is 442 g/mol. The molecule has 0 saturated heterocycles. The van der Waals surface area contributed by atoms with Crippen LogP contribution in [0.25, 0.3) is 0 Å². The summed E-state index contributed by atoms with van der Waals surface area (Å²) in [7, 11) is 3.16. The number of carboxylic acid groups (broad SMARTS) is 1. The lowest BCUT2D eigenvalue weighted by Gasteiger charge is -2.36. The zero-order chi connectivity index (χ0) is 23.1. The Labute approximate surface area is 188 Å². The predicted octanol–water partition coefficient (Wildman–Crippen LogP) is 4.09. The molecular weight excluding hydrogens is 410 g/mol. The lowest BCUT2D eigenvalue weighted by Crippen LogP contribution is -2.56. The third kappa shape index (κ3) is 5.52. The summed E-state index contributed by atoms with van der Waals surface area (Å²) in [6, 6.07) is 12.6. The Bertz CT molecular complexity index is 932. The van der Waals surface area contributed by atoms with Gasteiger partial charge in [0.1, 0.15) is 11.3 Å². The summed E-state index contributed by atoms with van der Waals surface area (Å²) in [4.78, 5) is 24.9. The Morgan fingerprint density at radius 3 is 2.31 bits per heavy atom. The molecule has 2 aromatic rings. The van der Waals surface area contributed by atoms with Gasteiger partial charge in [0.2, 0.25) is 0 Å². The summed E-state index contributed by atoms with van der Waals surface area (Å²) in [6.45, 7) is 2.50. The number of aliphatic carboxylic acids is 1. The van der Waals surface area contributed by atoms with Crippen molar-refractivity contribution in [2.75, 3.05) is 20.8 Å². The Morgan fingerprint density at radius 1 is 1.03 bits per heavy atom. The van der Waals surface area contributed by atoms with Crippen molar-refractivity contribution in [3.05, 3.63) is 53.6 Å². The summed E-state index contributed by atoms with van der Waals surface area (Å²) >= 11 is 0. The highest BCUT2D eigenvalue weighted by Gasteiger charge is 2.42. The molecule has 32 heavy (non-hydrogen) atoms. The van der Waals surface area contributed by atoms with Gasteiger partial charge in [-0.25, -0.2) is 4.79 Å². The minimum Gasteiger partial charge on any atom is -0.497 e. The molecule has 7 nitrogen and oxygen atoms in total. The van der Waals surface area contributed by atoms with E-state index in [4.69, 9.17) is 14.2 Å². The van der Waals surface area contributed by atoms with Crippen molar-refractivity contribution < 1.29 is 28.9 Å². The first-order chi connectivity index (χ1) is 15.4. The fraction of sp³-hybridized carbons (Fsp3) is 0.440. The molecule has 2 N–H and O–H groups in total. The molecule has 7 heteroatoms. The van der Waals surface area contributed by atoms with Crippen LogP contribution in [0.15, 0.2) is 42.5 Å². The van der Waals surface area contributed by atoms with Crippen molar-refractivity contribution in [3.8, 4) is 17.2 Å². The first-order valence-electron chi connectivity index (χ1n) is 10.9. The molecule has 0 heterocycles. The van der Waals surface area contributed by atoms with Gasteiger partial charge in [-0.3, -0.25) is 4.79 Å². The molecule has 0 spiro atoms. The smallest absolute Gasteiger partial charge is 0.329 e. The summed E-state index contributed by atoms with van der Waals surface area (Å²) in [5.74, 6) is 0.797. The van der Waals surface area contributed by atoms with Gasteiger partial charge in [-0.15, -0.1) is 0 Å². The van der Waals surface area contributed by atoms with E-state index in [9.17, 15) is 14.7 Å². The minimum atomic E-state index is -1.22. The van der Waals surface area contributed by atoms with Crippen molar-refractivity contribution >= 4 is 11.9 Å². The normalized spacial score (nSPS) is 20.3. The highest BCUT2D eigenvalue weighted by Crippen LogP contribution is 2.33. The molecule has 0 aliphatic heterocycles. The second-order valence-electron chi connectivity index (χ2n) is 8.34. The van der Waals surface area contributed by atoms with Crippen LogP contribution in [0.5, 0.6) is 17.2 Å². The van der Waals surface area contributed by atoms with Crippen LogP contribution in [-0.2, 0) is 11.2 Å². The maximum Gasteiger partial charge on any atom is 0.329 e. The molecule has 1 saturated carbocycles. The van der Waals surface area contributed by atoms with Gasteiger partial charge in [-0.1, -0.05) is 19.1 Å². The summed E-state index contributed by atoms with van der Waals surface area (Å²) in [5.41, 5.74) is 0.205. The molecule has 172 valence electrons. The number of hydrogen-bond acceptors (Lipinski definition) is 5. The van der Waals surface area contributed by atoms with E-state index in [0.717, 1.165) is 24.2 Å². The highest BCUT2D eigenvalue weighted by molar-refractivity contribution is 5.98. The SMILES string of the molecule is COc1ccc(CCOc2cc(C(=O)N[C@]3(C(=O)O)CC[C@H](C)CC3)ccc2OC)cc1. The first-order valence-corrected chi connectivity index (χ1v) is 10.9. The molecule has 0 unspecified atom stereocenters. The van der Waals surface area contributed by atoms with Gasteiger partial charge >= 0.3 is 5.97 Å². The monoisotopic (exact) mass is 441 g/mol. The van der Waals surface area contributed by atoms with Gasteiger partial charge in [0.25, 0.3) is 5.91 Å². The van der Waals surface area contributed by atoms with Crippen LogP contribution in [0.2, 0.25) is 0 Å². The van der Waals surface area contributed by atoms with Gasteiger partial charge in [-0.2, -0.15) is 0 Å². The van der Waals surface area contributed by atoms with Crippen LogP contribution in [0.4, 0.5) is 0 Å². The fourth-order valence-electron chi connectivity index (χ4n) is 3.94. The molecule has 2 aromatic carbocycles. The number of carbonyl (C=O) groups is 2. The van der Waals surface area contributed by atoms with E-state index in [0.29, 0.717) is 48.8 Å². The quantitative estimate of drug-likeness (QED) is 0.609. The van der Waals surface area contributed by atoms with Crippen molar-refractivity contribution in [2.24, 2.45) is 5.92 Å². The van der Waals surface area contributed by atoms with E-state index >= 15 is 0 Å². The van der Waals surface area contributed by atoms with E-state index in [1.165, 1.54) is 7.11 Å². The summed E-state index contributed by atoms with van der Waals surface area (Å²) < 4.78 is 16.4. The van der Waals surface area contributed by atoms with Crippen molar-refractivity contribution in [3.63, 3.8) is 0 Å². The third-order valence-corrected chi connectivity index (χ3v) is 6.12. The lowest BCUT2D eigenvalue weighted by atomic mass is 9.77. The molecule has 1 amide bonds. The van der Waals surface area contributed by atoms with Gasteiger partial charge in [0.15, 0.2) is 11.5 Å². The van der Waals surface area contributed by atoms with Gasteiger partial charge in [-0.05, 0) is 67.5 Å². The number of rotatable bonds is 9. The number of benzene rings is 2. The molecule has 1 aliphatic carbocycles. The molecule has 0 bridgehead atoms. The van der Waals surface area contributed by atoms with Crippen molar-refractivity contribution in [1.29, 1.82) is 0 Å². The van der Waals surface area contributed by atoms with Gasteiger partial charge in [0.05, 0.1) is 20.8 Å². The largest absolute Gasteiger partial charge is 0.497 e. The molecule has 0 radical (unpaired) electrons. The number of amides is 1. The summed E-state index contributed by atoms with van der Waals surface area (Å²) in [6.07, 6.45) is 3.07. The van der Waals surface area contributed by atoms with E-state index in [1.54, 1.807) is 25.3 Å². The Morgan fingerprint density at radius 2 is 1.72 bits per heavy atom. The second kappa shape index (κ2) is 10.4. The number of methoxy groups -OCH3 is 2. The molecule has 3 rings (SSSR count). The van der Waals surface area contributed by atoms with Crippen molar-refractivity contribution in [1.82, 2.24) is 5.32 Å². The Hall–Kier alpha value is -3.22. The van der Waals surface area contributed by atoms with Crippen molar-refractivity contribution in [2.45, 2.75) is 44.6 Å². The van der Waals surface area contributed by atoms with Crippen LogP contribution < -0.4 is 19.5 Å². The topological polar surface area (TPSA) is 94.1 Å². The maximum atomic E-state index is 12.9. The van der Waals surface area contributed by atoms with Crippen LogP contribution in [0, 0.1) is 5.92 Å². The second-order valence-corrected chi connectivity index (χ2v) is 8.34. The van der Waals surface area contributed by atoms with Crippen LogP contribution in [0.1, 0.15) is 48.5 Å². The number of hydrogen-bond donors (Lipinski definition) is 2. The number of ether oxygens (including phenoxy) is 3. The standard InChI is InChI=1S/C25H31NO6/c1-17-10-13-25(14-11-17,24(28)29)26-23(27)19-6-9-21(31-3)22(16-19)32-15-12-18-4-7-20(30-2)8-5-18/h4-9,16-17H,10-15H2,1-3H3,(H,26,27)(H,28,29)/t17-,25+. The number of carbonyl (C=O) groups excluding carboxylic acids is 1. The first kappa shape index (κ1) is 23.4. The minimum absolute atomic E-state index is 0.337. The third-order valence-electron chi connectivity index (χ3n) is 6.12. The van der Waals surface area contributed by atoms with Gasteiger partial charge in [0, 0.05) is 12.0 Å². The fourth-order valence-corrected chi connectivity index (χ4v) is 3.94. The average Bonchev–Trinajstić information content (AvgIpc) is 2.81. The molecule has 0 aromatic heterocycles. The van der Waals surface area contributed by atoms with Crippen LogP contribution >= 0.6 is 0 Å². The zero-order valence-electron chi connectivity index (χ0n) is 18.8. The zero-order valence-corrected chi connectivity index (χ0v) is 18.8. The Kier molecular flexibility index (Phi) is 7.62. The van der Waals surface area contributed by atoms with Crippen LogP contribution in [0.3, 0.4) is 0 Å². The van der Waals surface area contributed by atoms with Gasteiger partial charge < -0.3 is 24.6 Å². The lowest BCUT2D eigenvalue weighted by molar-refractivity contribution is -0.146. The summed E-state index contributed by atoms with van der Waals surface area (Å²) in [5, 5.41) is 12.6. The molecule has 1 fully saturated rings. The predicted molar refractivity (Wildman–Crippen MR) is 121 cm³/mol. The van der Waals surface area contributed by atoms with E-state index in [-0.39, 0.29) is 0 Å². The molecule has 1 aliphatic rings.